The Hall–Kier alpha value is -0.0300. The number of rotatable bonds is 6. The van der Waals surface area contributed by atoms with Crippen molar-refractivity contribution >= 4 is 34.8 Å². The van der Waals surface area contributed by atoms with Crippen molar-refractivity contribution in [2.45, 2.75) is 18.3 Å². The number of aliphatic hydroxyl groups excluding tert-OH is 3. The van der Waals surface area contributed by atoms with Crippen molar-refractivity contribution in [3.05, 3.63) is 34.9 Å². The maximum Gasteiger partial charge on any atom is 0.0925 e. The summed E-state index contributed by atoms with van der Waals surface area (Å²) in [5, 5.41) is 29.2. The Bertz CT molecular complexity index is 317. The second-order valence-electron chi connectivity index (χ2n) is 3.94. The third-order valence-corrected chi connectivity index (χ3v) is 3.47. The van der Waals surface area contributed by atoms with Crippen LogP contribution in [-0.2, 0) is 0 Å². The molecule has 102 valence electrons. The van der Waals surface area contributed by atoms with Crippen LogP contribution < -0.4 is 0 Å². The molecule has 0 aliphatic heterocycles. The van der Waals surface area contributed by atoms with Crippen molar-refractivity contribution in [1.29, 1.82) is 0 Å². The zero-order valence-corrected chi connectivity index (χ0v) is 11.8. The van der Waals surface area contributed by atoms with Gasteiger partial charge in [-0.3, -0.25) is 0 Å². The average molecular weight is 314 g/mol. The van der Waals surface area contributed by atoms with Gasteiger partial charge in [-0.05, 0) is 16.7 Å². The first kappa shape index (κ1) is 16.0. The lowest BCUT2D eigenvalue weighted by Crippen LogP contribution is -2.08. The van der Waals surface area contributed by atoms with Crippen LogP contribution in [-0.4, -0.2) is 33.0 Å². The highest BCUT2D eigenvalue weighted by Gasteiger charge is 2.16. The zero-order valence-electron chi connectivity index (χ0n) is 9.56. The fraction of sp³-hybridized carbons (Fsp3) is 0.500. The zero-order chi connectivity index (χ0) is 13.7. The molecular weight excluding hydrogens is 298 g/mol. The molecule has 0 saturated carbocycles. The lowest BCUT2D eigenvalue weighted by Gasteiger charge is -2.17. The van der Waals surface area contributed by atoms with Gasteiger partial charge in [-0.1, -0.05) is 18.2 Å². The number of hydrogen-bond donors (Lipinski definition) is 3. The van der Waals surface area contributed by atoms with Crippen LogP contribution in [0.2, 0.25) is 0 Å². The first-order chi connectivity index (χ1) is 8.53. The minimum absolute atomic E-state index is 0.0246. The maximum absolute atomic E-state index is 9.73. The van der Waals surface area contributed by atoms with Gasteiger partial charge in [-0.15, -0.1) is 34.8 Å². The van der Waals surface area contributed by atoms with Crippen LogP contribution >= 0.6 is 34.8 Å². The highest BCUT2D eigenvalue weighted by atomic mass is 35.5. The topological polar surface area (TPSA) is 60.7 Å². The van der Waals surface area contributed by atoms with Gasteiger partial charge in [-0.25, -0.2) is 0 Å². The first-order valence-electron chi connectivity index (χ1n) is 5.40. The van der Waals surface area contributed by atoms with Crippen molar-refractivity contribution < 1.29 is 15.3 Å². The van der Waals surface area contributed by atoms with Crippen molar-refractivity contribution in [3.8, 4) is 0 Å². The van der Waals surface area contributed by atoms with E-state index in [1.807, 2.05) is 0 Å². The van der Waals surface area contributed by atoms with Gasteiger partial charge in [0, 0.05) is 0 Å². The molecule has 0 saturated heterocycles. The van der Waals surface area contributed by atoms with Crippen LogP contribution in [0.5, 0.6) is 0 Å². The highest BCUT2D eigenvalue weighted by molar-refractivity contribution is 6.18. The molecule has 0 spiro atoms. The predicted molar refractivity (Wildman–Crippen MR) is 73.5 cm³/mol. The van der Waals surface area contributed by atoms with E-state index < -0.39 is 18.3 Å². The molecule has 3 nitrogen and oxygen atoms in total. The van der Waals surface area contributed by atoms with Gasteiger partial charge < -0.3 is 15.3 Å². The van der Waals surface area contributed by atoms with E-state index in [-0.39, 0.29) is 17.6 Å². The van der Waals surface area contributed by atoms with Gasteiger partial charge in [0.15, 0.2) is 0 Å². The molecule has 3 N–H and O–H groups in total. The van der Waals surface area contributed by atoms with Crippen molar-refractivity contribution in [2.24, 2.45) is 0 Å². The Morgan fingerprint density at radius 3 is 1.06 bits per heavy atom. The van der Waals surface area contributed by atoms with Crippen LogP contribution in [0.1, 0.15) is 35.0 Å². The van der Waals surface area contributed by atoms with Crippen LogP contribution in [0.4, 0.5) is 0 Å². The molecule has 0 aliphatic carbocycles. The molecule has 3 unspecified atom stereocenters. The molecule has 0 heterocycles. The summed E-state index contributed by atoms with van der Waals surface area (Å²) in [6, 6.07) is 4.85. The summed E-state index contributed by atoms with van der Waals surface area (Å²) in [4.78, 5) is 0. The third kappa shape index (κ3) is 3.98. The summed E-state index contributed by atoms with van der Waals surface area (Å²) in [5.41, 5.74) is 1.56. The van der Waals surface area contributed by atoms with Crippen molar-refractivity contribution in [3.63, 3.8) is 0 Å². The Morgan fingerprint density at radius 2 is 0.889 bits per heavy atom. The fourth-order valence-electron chi connectivity index (χ4n) is 1.55. The SMILES string of the molecule is OC(CCl)c1cc(C(O)CCl)cc(C(O)CCl)c1. The Balaban J connectivity index is 3.19. The normalized spacial score (nSPS) is 16.3. The second kappa shape index (κ2) is 7.53. The summed E-state index contributed by atoms with van der Waals surface area (Å²) in [5.74, 6) is 0.0739. The Kier molecular flexibility index (Phi) is 6.71. The molecule has 0 aliphatic rings. The van der Waals surface area contributed by atoms with Crippen LogP contribution in [0.25, 0.3) is 0 Å². The maximum atomic E-state index is 9.73. The van der Waals surface area contributed by atoms with Gasteiger partial charge in [0.25, 0.3) is 0 Å². The molecule has 1 aromatic rings. The van der Waals surface area contributed by atoms with E-state index in [4.69, 9.17) is 34.8 Å². The summed E-state index contributed by atoms with van der Waals surface area (Å²) in [6.45, 7) is 0. The minimum atomic E-state index is -0.865. The largest absolute Gasteiger partial charge is 0.387 e. The van der Waals surface area contributed by atoms with Gasteiger partial charge >= 0.3 is 0 Å². The number of alkyl halides is 3. The fourth-order valence-corrected chi connectivity index (χ4v) is 2.08. The van der Waals surface area contributed by atoms with Crippen LogP contribution in [0, 0.1) is 0 Å². The second-order valence-corrected chi connectivity index (χ2v) is 4.87. The number of aliphatic hydroxyl groups is 3. The molecule has 6 heteroatoms. The van der Waals surface area contributed by atoms with E-state index in [1.54, 1.807) is 18.2 Å². The van der Waals surface area contributed by atoms with E-state index in [2.05, 4.69) is 0 Å². The molecule has 0 radical (unpaired) electrons. The number of hydrogen-bond acceptors (Lipinski definition) is 3. The number of halogens is 3. The quantitative estimate of drug-likeness (QED) is 0.707. The van der Waals surface area contributed by atoms with E-state index in [0.717, 1.165) is 0 Å². The van der Waals surface area contributed by atoms with Gasteiger partial charge in [0.1, 0.15) is 0 Å². The Morgan fingerprint density at radius 1 is 0.667 bits per heavy atom. The summed E-state index contributed by atoms with van der Waals surface area (Å²) in [7, 11) is 0. The Labute approximate surface area is 121 Å². The van der Waals surface area contributed by atoms with Crippen molar-refractivity contribution in [1.82, 2.24) is 0 Å². The minimum Gasteiger partial charge on any atom is -0.387 e. The number of benzene rings is 1. The molecule has 0 bridgehead atoms. The monoisotopic (exact) mass is 312 g/mol. The molecule has 3 atom stereocenters. The van der Waals surface area contributed by atoms with Crippen LogP contribution in [0.3, 0.4) is 0 Å². The average Bonchev–Trinajstić information content (AvgIpc) is 2.43. The van der Waals surface area contributed by atoms with Crippen LogP contribution in [0.15, 0.2) is 18.2 Å². The molecular formula is C12H15Cl3O3. The summed E-state index contributed by atoms with van der Waals surface area (Å²) < 4.78 is 0. The lowest BCUT2D eigenvalue weighted by molar-refractivity contribution is 0.189. The molecule has 1 aromatic carbocycles. The molecule has 1 rings (SSSR count). The summed E-state index contributed by atoms with van der Waals surface area (Å²) >= 11 is 16.8. The lowest BCUT2D eigenvalue weighted by atomic mass is 9.97. The smallest absolute Gasteiger partial charge is 0.0925 e. The van der Waals surface area contributed by atoms with E-state index in [1.165, 1.54) is 0 Å². The summed E-state index contributed by atoms with van der Waals surface area (Å²) in [6.07, 6.45) is -2.60. The molecule has 18 heavy (non-hydrogen) atoms. The first-order valence-corrected chi connectivity index (χ1v) is 7.00. The predicted octanol–water partition coefficient (Wildman–Crippen LogP) is 2.50. The van der Waals surface area contributed by atoms with E-state index >= 15 is 0 Å². The standard InChI is InChI=1S/C12H15Cl3O3/c13-4-10(16)7-1-8(11(17)5-14)3-9(2-7)12(18)6-15/h1-3,10-12,16-18H,4-6H2. The van der Waals surface area contributed by atoms with Gasteiger partial charge in [-0.2, -0.15) is 0 Å². The van der Waals surface area contributed by atoms with Crippen molar-refractivity contribution in [2.75, 3.05) is 17.6 Å². The third-order valence-electron chi connectivity index (χ3n) is 2.59. The van der Waals surface area contributed by atoms with Gasteiger partial charge in [0.05, 0.1) is 36.0 Å². The van der Waals surface area contributed by atoms with E-state index in [0.29, 0.717) is 16.7 Å². The van der Waals surface area contributed by atoms with Gasteiger partial charge in [0.2, 0.25) is 0 Å². The molecule has 0 fully saturated rings. The highest BCUT2D eigenvalue weighted by Crippen LogP contribution is 2.26. The molecule has 0 amide bonds. The van der Waals surface area contributed by atoms with E-state index in [9.17, 15) is 15.3 Å². The molecule has 0 aromatic heterocycles.